The van der Waals surface area contributed by atoms with Crippen LogP contribution in [0.1, 0.15) is 24.6 Å². The van der Waals surface area contributed by atoms with Gasteiger partial charge in [0, 0.05) is 22.4 Å². The van der Waals surface area contributed by atoms with Crippen molar-refractivity contribution in [3.05, 3.63) is 20.8 Å². The highest BCUT2D eigenvalue weighted by Crippen LogP contribution is 2.27. The van der Waals surface area contributed by atoms with Crippen molar-refractivity contribution in [3.8, 4) is 0 Å². The van der Waals surface area contributed by atoms with Crippen molar-refractivity contribution in [1.82, 2.24) is 4.90 Å². The van der Waals surface area contributed by atoms with Crippen LogP contribution in [0.4, 0.5) is 0 Å². The van der Waals surface area contributed by atoms with Gasteiger partial charge in [-0.15, -0.1) is 11.3 Å². The third-order valence-corrected chi connectivity index (χ3v) is 5.19. The van der Waals surface area contributed by atoms with Crippen molar-refractivity contribution in [2.24, 2.45) is 5.92 Å². The summed E-state index contributed by atoms with van der Waals surface area (Å²) >= 11 is 5.37. The average Bonchev–Trinajstić information content (AvgIpc) is 2.65. The van der Waals surface area contributed by atoms with Crippen LogP contribution in [-0.2, 0) is 6.54 Å². The lowest BCUT2D eigenvalue weighted by molar-refractivity contribution is 0.0602. The molecule has 0 bridgehead atoms. The molecule has 1 aromatic rings. The maximum absolute atomic E-state index is 9.64. The van der Waals surface area contributed by atoms with Gasteiger partial charge in [0.1, 0.15) is 0 Å². The second-order valence-electron chi connectivity index (χ2n) is 4.57. The van der Waals surface area contributed by atoms with E-state index < -0.39 is 0 Å². The van der Waals surface area contributed by atoms with Crippen molar-refractivity contribution in [2.75, 3.05) is 13.1 Å². The first-order valence-corrected chi connectivity index (χ1v) is 7.46. The first-order chi connectivity index (χ1) is 7.66. The molecule has 0 spiro atoms. The molecule has 90 valence electrons. The molecule has 4 heteroatoms. The predicted molar refractivity (Wildman–Crippen MR) is 71.7 cm³/mol. The van der Waals surface area contributed by atoms with Crippen LogP contribution in [0.3, 0.4) is 0 Å². The van der Waals surface area contributed by atoms with Crippen LogP contribution in [0, 0.1) is 5.92 Å². The quantitative estimate of drug-likeness (QED) is 0.927. The van der Waals surface area contributed by atoms with E-state index >= 15 is 0 Å². The summed E-state index contributed by atoms with van der Waals surface area (Å²) in [5.74, 6) is 0.451. The van der Waals surface area contributed by atoms with E-state index in [1.807, 2.05) is 6.92 Å². The lowest BCUT2D eigenvalue weighted by atomic mass is 9.93. The molecular weight excluding hydrogens is 286 g/mol. The fourth-order valence-corrected chi connectivity index (χ4v) is 3.79. The molecule has 1 aliphatic heterocycles. The molecule has 0 aromatic carbocycles. The van der Waals surface area contributed by atoms with E-state index in [9.17, 15) is 5.11 Å². The second kappa shape index (κ2) is 5.63. The highest BCUT2D eigenvalue weighted by Gasteiger charge is 2.23. The number of nitrogens with zero attached hydrogens (tertiary/aromatic N) is 1. The average molecular weight is 304 g/mol. The molecule has 2 unspecified atom stereocenters. The molecule has 16 heavy (non-hydrogen) atoms. The monoisotopic (exact) mass is 303 g/mol. The van der Waals surface area contributed by atoms with E-state index in [0.29, 0.717) is 5.92 Å². The van der Waals surface area contributed by atoms with Gasteiger partial charge in [-0.3, -0.25) is 4.90 Å². The second-order valence-corrected chi connectivity index (χ2v) is 6.42. The summed E-state index contributed by atoms with van der Waals surface area (Å²) in [6, 6.07) is 2.11. The minimum atomic E-state index is -0.172. The van der Waals surface area contributed by atoms with E-state index in [1.54, 1.807) is 11.3 Å². The smallest absolute Gasteiger partial charge is 0.0552 e. The Morgan fingerprint density at radius 1 is 1.69 bits per heavy atom. The molecule has 0 aliphatic carbocycles. The van der Waals surface area contributed by atoms with Crippen LogP contribution in [0.5, 0.6) is 0 Å². The normalized spacial score (nSPS) is 24.6. The highest BCUT2D eigenvalue weighted by atomic mass is 79.9. The van der Waals surface area contributed by atoms with E-state index in [2.05, 4.69) is 32.3 Å². The SMILES string of the molecule is CC(O)C1CCCN(Cc2sccc2Br)C1. The first kappa shape index (κ1) is 12.6. The largest absolute Gasteiger partial charge is 0.393 e. The molecule has 1 N–H and O–H groups in total. The number of halogens is 1. The lowest BCUT2D eigenvalue weighted by Gasteiger charge is -2.33. The number of thiophene rings is 1. The van der Waals surface area contributed by atoms with Crippen molar-refractivity contribution in [1.29, 1.82) is 0 Å². The number of aliphatic hydroxyl groups excluding tert-OH is 1. The zero-order valence-electron chi connectivity index (χ0n) is 9.53. The maximum Gasteiger partial charge on any atom is 0.0552 e. The number of hydrogen-bond donors (Lipinski definition) is 1. The number of hydrogen-bond acceptors (Lipinski definition) is 3. The van der Waals surface area contributed by atoms with E-state index in [-0.39, 0.29) is 6.10 Å². The highest BCUT2D eigenvalue weighted by molar-refractivity contribution is 9.10. The lowest BCUT2D eigenvalue weighted by Crippen LogP contribution is -2.38. The van der Waals surface area contributed by atoms with Crippen molar-refractivity contribution in [3.63, 3.8) is 0 Å². The molecule has 2 nitrogen and oxygen atoms in total. The van der Waals surface area contributed by atoms with E-state index in [0.717, 1.165) is 19.6 Å². The fourth-order valence-electron chi connectivity index (χ4n) is 2.27. The number of aliphatic hydroxyl groups is 1. The topological polar surface area (TPSA) is 23.5 Å². The standard InChI is InChI=1S/C12H18BrNOS/c1-9(15)10-3-2-5-14(7-10)8-12-11(13)4-6-16-12/h4,6,9-10,15H,2-3,5,7-8H2,1H3. The molecule has 2 atom stereocenters. The Morgan fingerprint density at radius 2 is 2.50 bits per heavy atom. The number of piperidine rings is 1. The van der Waals surface area contributed by atoms with Crippen LogP contribution in [0.25, 0.3) is 0 Å². The Hall–Kier alpha value is 0.100. The third-order valence-electron chi connectivity index (χ3n) is 3.28. The molecule has 1 aliphatic rings. The van der Waals surface area contributed by atoms with Crippen LogP contribution in [-0.4, -0.2) is 29.2 Å². The van der Waals surface area contributed by atoms with Gasteiger partial charge in [0.05, 0.1) is 6.10 Å². The minimum absolute atomic E-state index is 0.172. The van der Waals surface area contributed by atoms with E-state index in [4.69, 9.17) is 0 Å². The van der Waals surface area contributed by atoms with Crippen LogP contribution in [0.15, 0.2) is 15.9 Å². The summed E-state index contributed by atoms with van der Waals surface area (Å²) in [5, 5.41) is 11.8. The Morgan fingerprint density at radius 3 is 3.12 bits per heavy atom. The van der Waals surface area contributed by atoms with Gasteiger partial charge in [-0.05, 0) is 59.6 Å². The summed E-state index contributed by atoms with van der Waals surface area (Å²) < 4.78 is 1.22. The molecule has 2 heterocycles. The predicted octanol–water partition coefficient (Wildman–Crippen LogP) is 3.10. The summed E-state index contributed by atoms with van der Waals surface area (Å²) in [6.07, 6.45) is 2.20. The van der Waals surface area contributed by atoms with Gasteiger partial charge in [-0.2, -0.15) is 0 Å². The van der Waals surface area contributed by atoms with E-state index in [1.165, 1.54) is 22.2 Å². The molecule has 0 amide bonds. The van der Waals surface area contributed by atoms with Crippen molar-refractivity contribution >= 4 is 27.3 Å². The molecule has 1 saturated heterocycles. The first-order valence-electron chi connectivity index (χ1n) is 5.79. The van der Waals surface area contributed by atoms with Crippen LogP contribution < -0.4 is 0 Å². The Balaban J connectivity index is 1.93. The number of likely N-dealkylation sites (tertiary alicyclic amines) is 1. The van der Waals surface area contributed by atoms with Gasteiger partial charge >= 0.3 is 0 Å². The van der Waals surface area contributed by atoms with Gasteiger partial charge in [0.15, 0.2) is 0 Å². The Bertz CT molecular complexity index is 340. The summed E-state index contributed by atoms with van der Waals surface area (Å²) in [4.78, 5) is 3.85. The zero-order valence-corrected chi connectivity index (χ0v) is 11.9. The van der Waals surface area contributed by atoms with Crippen LogP contribution in [0.2, 0.25) is 0 Å². The van der Waals surface area contributed by atoms with Gasteiger partial charge in [-0.25, -0.2) is 0 Å². The van der Waals surface area contributed by atoms with Gasteiger partial charge < -0.3 is 5.11 Å². The van der Waals surface area contributed by atoms with Gasteiger partial charge in [-0.1, -0.05) is 0 Å². The zero-order chi connectivity index (χ0) is 11.5. The molecule has 2 rings (SSSR count). The third kappa shape index (κ3) is 3.06. The minimum Gasteiger partial charge on any atom is -0.393 e. The maximum atomic E-state index is 9.64. The summed E-state index contributed by atoms with van der Waals surface area (Å²) in [7, 11) is 0. The van der Waals surface area contributed by atoms with Crippen LogP contribution >= 0.6 is 27.3 Å². The fraction of sp³-hybridized carbons (Fsp3) is 0.667. The molecular formula is C12H18BrNOS. The summed E-state index contributed by atoms with van der Waals surface area (Å²) in [6.45, 7) is 5.12. The van der Waals surface area contributed by atoms with Gasteiger partial charge in [0.25, 0.3) is 0 Å². The molecule has 1 aromatic heterocycles. The van der Waals surface area contributed by atoms with Crippen molar-refractivity contribution in [2.45, 2.75) is 32.4 Å². The molecule has 0 saturated carbocycles. The Kier molecular flexibility index (Phi) is 4.41. The molecule has 0 radical (unpaired) electrons. The Labute approximate surface area is 109 Å². The molecule has 1 fully saturated rings. The van der Waals surface area contributed by atoms with Crippen molar-refractivity contribution < 1.29 is 5.11 Å². The summed E-state index contributed by atoms with van der Waals surface area (Å²) in [5.41, 5.74) is 0. The number of rotatable bonds is 3. The van der Waals surface area contributed by atoms with Gasteiger partial charge in [0.2, 0.25) is 0 Å².